The summed E-state index contributed by atoms with van der Waals surface area (Å²) in [5, 5.41) is 15.9. The van der Waals surface area contributed by atoms with E-state index in [9.17, 15) is 19.2 Å². The first-order valence-electron chi connectivity index (χ1n) is 13.1. The number of nitrogens with one attached hydrogen (secondary N) is 2. The summed E-state index contributed by atoms with van der Waals surface area (Å²) in [5.41, 5.74) is 1.47. The average molecular weight is 550 g/mol. The molecule has 1 saturated heterocycles. The van der Waals surface area contributed by atoms with Gasteiger partial charge in [0.1, 0.15) is 17.8 Å². The summed E-state index contributed by atoms with van der Waals surface area (Å²) in [6.07, 6.45) is 3.02. The Bertz CT molecular complexity index is 1310. The molecule has 204 valence electrons. The summed E-state index contributed by atoms with van der Waals surface area (Å²) in [7, 11) is 0. The second-order valence-electron chi connectivity index (χ2n) is 9.75. The third kappa shape index (κ3) is 6.69. The lowest BCUT2D eigenvalue weighted by molar-refractivity contribution is -0.150. The van der Waals surface area contributed by atoms with E-state index in [0.717, 1.165) is 10.4 Å². The van der Waals surface area contributed by atoms with Gasteiger partial charge in [0, 0.05) is 37.4 Å². The normalized spacial score (nSPS) is 20.9. The molecule has 2 aromatic heterocycles. The number of hydrogen-bond acceptors (Lipinski definition) is 7. The Morgan fingerprint density at radius 2 is 1.90 bits per heavy atom. The van der Waals surface area contributed by atoms with E-state index in [1.165, 1.54) is 16.2 Å². The Morgan fingerprint density at radius 3 is 2.69 bits per heavy atom. The lowest BCUT2D eigenvalue weighted by atomic mass is 10.0. The van der Waals surface area contributed by atoms with Crippen LogP contribution in [0.3, 0.4) is 0 Å². The summed E-state index contributed by atoms with van der Waals surface area (Å²) in [5.74, 6) is -1.06. The van der Waals surface area contributed by atoms with Gasteiger partial charge in [-0.15, -0.1) is 16.4 Å². The van der Waals surface area contributed by atoms with Crippen molar-refractivity contribution in [1.29, 1.82) is 0 Å². The Morgan fingerprint density at radius 1 is 1.05 bits per heavy atom. The Kier molecular flexibility index (Phi) is 8.30. The van der Waals surface area contributed by atoms with E-state index in [-0.39, 0.29) is 56.1 Å². The van der Waals surface area contributed by atoms with E-state index in [0.29, 0.717) is 31.6 Å². The van der Waals surface area contributed by atoms with Crippen molar-refractivity contribution >= 4 is 35.0 Å². The maximum Gasteiger partial charge on any atom is 0.246 e. The number of aromatic nitrogens is 3. The largest absolute Gasteiger partial charge is 0.348 e. The number of thiophene rings is 1. The number of benzene rings is 1. The molecule has 1 fully saturated rings. The smallest absolute Gasteiger partial charge is 0.246 e. The SMILES string of the molecule is O=C1CCCn2cc(nn2)CNC(=O)[C@H]2CN(C(=O)Cc3cccs3)CCN2C(=O)[C@H](Cc2ccccc2)N1. The van der Waals surface area contributed by atoms with Gasteiger partial charge in [0.2, 0.25) is 23.6 Å². The zero-order chi connectivity index (χ0) is 27.2. The molecule has 2 N–H and O–H groups in total. The molecule has 12 heteroatoms. The third-order valence-corrected chi connectivity index (χ3v) is 7.84. The highest BCUT2D eigenvalue weighted by Crippen LogP contribution is 2.18. The first-order valence-corrected chi connectivity index (χ1v) is 13.9. The topological polar surface area (TPSA) is 130 Å². The maximum atomic E-state index is 13.9. The molecule has 0 radical (unpaired) electrons. The average Bonchev–Trinajstić information content (AvgIpc) is 3.63. The van der Waals surface area contributed by atoms with Gasteiger partial charge in [-0.05, 0) is 23.4 Å². The van der Waals surface area contributed by atoms with Crippen molar-refractivity contribution in [1.82, 2.24) is 35.4 Å². The van der Waals surface area contributed by atoms with Gasteiger partial charge in [0.15, 0.2) is 0 Å². The fraction of sp³-hybridized carbons (Fsp3) is 0.407. The van der Waals surface area contributed by atoms with Crippen molar-refractivity contribution in [2.24, 2.45) is 0 Å². The molecule has 39 heavy (non-hydrogen) atoms. The molecule has 2 aliphatic rings. The minimum absolute atomic E-state index is 0.0699. The van der Waals surface area contributed by atoms with Crippen molar-refractivity contribution in [3.8, 4) is 0 Å². The first-order chi connectivity index (χ1) is 19.0. The van der Waals surface area contributed by atoms with Crippen LogP contribution in [0, 0.1) is 0 Å². The summed E-state index contributed by atoms with van der Waals surface area (Å²) in [6, 6.07) is 11.5. The minimum atomic E-state index is -0.908. The van der Waals surface area contributed by atoms with Crippen LogP contribution in [0.1, 0.15) is 29.0 Å². The molecular formula is C27H31N7O4S. The molecule has 1 aromatic carbocycles. The number of nitrogens with zero attached hydrogens (tertiary/aromatic N) is 5. The number of carbonyl (C=O) groups is 4. The summed E-state index contributed by atoms with van der Waals surface area (Å²) >= 11 is 1.51. The van der Waals surface area contributed by atoms with E-state index in [4.69, 9.17) is 0 Å². The van der Waals surface area contributed by atoms with Gasteiger partial charge in [0.25, 0.3) is 0 Å². The fourth-order valence-corrected chi connectivity index (χ4v) is 5.61. The molecule has 0 saturated carbocycles. The summed E-state index contributed by atoms with van der Waals surface area (Å²) < 4.78 is 1.64. The highest BCUT2D eigenvalue weighted by molar-refractivity contribution is 7.10. The van der Waals surface area contributed by atoms with Gasteiger partial charge >= 0.3 is 0 Å². The quantitative estimate of drug-likeness (QED) is 0.494. The number of hydrogen-bond donors (Lipinski definition) is 2. The van der Waals surface area contributed by atoms with Crippen LogP contribution in [-0.4, -0.2) is 80.1 Å². The van der Waals surface area contributed by atoms with Crippen LogP contribution in [0.2, 0.25) is 0 Å². The monoisotopic (exact) mass is 549 g/mol. The minimum Gasteiger partial charge on any atom is -0.348 e. The Labute approximate surface area is 230 Å². The van der Waals surface area contributed by atoms with Crippen molar-refractivity contribution < 1.29 is 19.2 Å². The van der Waals surface area contributed by atoms with Crippen LogP contribution >= 0.6 is 11.3 Å². The maximum absolute atomic E-state index is 13.9. The van der Waals surface area contributed by atoms with Crippen LogP contribution in [0.4, 0.5) is 0 Å². The lowest BCUT2D eigenvalue weighted by Gasteiger charge is -2.42. The highest BCUT2D eigenvalue weighted by atomic mass is 32.1. The number of amides is 4. The molecule has 4 amide bonds. The predicted molar refractivity (Wildman–Crippen MR) is 143 cm³/mol. The highest BCUT2D eigenvalue weighted by Gasteiger charge is 2.39. The molecule has 2 aliphatic heterocycles. The molecule has 0 spiro atoms. The molecule has 11 nitrogen and oxygen atoms in total. The van der Waals surface area contributed by atoms with Gasteiger partial charge in [-0.1, -0.05) is 41.6 Å². The van der Waals surface area contributed by atoms with Crippen LogP contribution in [0.15, 0.2) is 54.0 Å². The van der Waals surface area contributed by atoms with Crippen LogP contribution in [0.25, 0.3) is 0 Å². The second kappa shape index (κ2) is 12.2. The fourth-order valence-electron chi connectivity index (χ4n) is 4.91. The number of rotatable bonds is 4. The first kappa shape index (κ1) is 26.5. The van der Waals surface area contributed by atoms with Gasteiger partial charge < -0.3 is 20.4 Å². The Hall–Kier alpha value is -4.06. The second-order valence-corrected chi connectivity index (χ2v) is 10.8. The Balaban J connectivity index is 1.40. The van der Waals surface area contributed by atoms with Gasteiger partial charge in [-0.2, -0.15) is 0 Å². The van der Waals surface area contributed by atoms with Crippen LogP contribution < -0.4 is 10.6 Å². The van der Waals surface area contributed by atoms with E-state index in [1.807, 2.05) is 47.8 Å². The van der Waals surface area contributed by atoms with Crippen molar-refractivity contribution in [3.63, 3.8) is 0 Å². The van der Waals surface area contributed by atoms with Crippen LogP contribution in [0.5, 0.6) is 0 Å². The van der Waals surface area contributed by atoms with Crippen LogP contribution in [-0.2, 0) is 45.1 Å². The van der Waals surface area contributed by atoms with E-state index in [2.05, 4.69) is 20.9 Å². The molecule has 0 aliphatic carbocycles. The van der Waals surface area contributed by atoms with Crippen molar-refractivity contribution in [2.45, 2.75) is 50.9 Å². The number of fused-ring (bicyclic) bond motifs is 3. The third-order valence-electron chi connectivity index (χ3n) is 6.96. The van der Waals surface area contributed by atoms with Gasteiger partial charge in [-0.3, -0.25) is 23.9 Å². The standard InChI is InChI=1S/C27H31N7O4S/c35-24-9-4-10-33-17-20(30-31-33)16-28-26(37)23-18-32(25(36)15-21-8-5-13-39-21)11-12-34(23)27(38)22(29-24)14-19-6-2-1-3-7-19/h1-3,5-8,13,17,22-23H,4,9-12,14-16,18H2,(H,28,37)(H,29,35)/t22-,23+/m0/s1. The van der Waals surface area contributed by atoms with E-state index < -0.39 is 12.1 Å². The molecule has 3 aromatic rings. The predicted octanol–water partition coefficient (Wildman–Crippen LogP) is 0.759. The molecule has 4 heterocycles. The number of aryl methyl sites for hydroxylation is 1. The molecular weight excluding hydrogens is 518 g/mol. The number of carbonyl (C=O) groups excluding carboxylic acids is 4. The van der Waals surface area contributed by atoms with Gasteiger partial charge in [0.05, 0.1) is 25.7 Å². The van der Waals surface area contributed by atoms with E-state index >= 15 is 0 Å². The molecule has 2 atom stereocenters. The van der Waals surface area contributed by atoms with Crippen molar-refractivity contribution in [2.75, 3.05) is 19.6 Å². The zero-order valence-electron chi connectivity index (χ0n) is 21.5. The number of piperazine rings is 1. The summed E-state index contributed by atoms with van der Waals surface area (Å²) in [6.45, 7) is 1.19. The molecule has 5 rings (SSSR count). The zero-order valence-corrected chi connectivity index (χ0v) is 22.3. The lowest BCUT2D eigenvalue weighted by Crippen LogP contribution is -2.64. The van der Waals surface area contributed by atoms with Crippen molar-refractivity contribution in [3.05, 3.63) is 70.2 Å². The summed E-state index contributed by atoms with van der Waals surface area (Å²) in [4.78, 5) is 57.5. The van der Waals surface area contributed by atoms with Gasteiger partial charge in [-0.25, -0.2) is 0 Å². The molecule has 2 bridgehead atoms. The molecule has 0 unspecified atom stereocenters. The van der Waals surface area contributed by atoms with E-state index in [1.54, 1.807) is 15.8 Å².